The van der Waals surface area contributed by atoms with Crippen LogP contribution in [0.3, 0.4) is 0 Å². The lowest BCUT2D eigenvalue weighted by molar-refractivity contribution is -0.138. The summed E-state index contributed by atoms with van der Waals surface area (Å²) in [6.07, 6.45) is -1.23. The molecule has 152 valence electrons. The Hall–Kier alpha value is -3.10. The number of carbonyl (C=O) groups is 1. The molecular formula is C20H18F3N3O3. The molecule has 0 bridgehead atoms. The summed E-state index contributed by atoms with van der Waals surface area (Å²) in [5, 5.41) is 4.26. The van der Waals surface area contributed by atoms with Gasteiger partial charge in [-0.2, -0.15) is 18.3 Å². The summed E-state index contributed by atoms with van der Waals surface area (Å²) in [6.45, 7) is 3.23. The van der Waals surface area contributed by atoms with Crippen molar-refractivity contribution in [2.24, 2.45) is 0 Å². The smallest absolute Gasteiger partial charge is 0.416 e. The van der Waals surface area contributed by atoms with E-state index in [2.05, 4.69) is 10.1 Å². The van der Waals surface area contributed by atoms with Crippen molar-refractivity contribution in [1.29, 1.82) is 0 Å². The number of aromatic nitrogens is 3. The van der Waals surface area contributed by atoms with Crippen molar-refractivity contribution in [3.8, 4) is 11.3 Å². The van der Waals surface area contributed by atoms with Crippen molar-refractivity contribution in [2.45, 2.75) is 38.8 Å². The summed E-state index contributed by atoms with van der Waals surface area (Å²) in [6, 6.07) is 3.64. The molecule has 0 atom stereocenters. The number of H-pyrrole nitrogens is 1. The number of hydrogen-bond acceptors (Lipinski definition) is 4. The van der Waals surface area contributed by atoms with Crippen LogP contribution >= 0.6 is 0 Å². The van der Waals surface area contributed by atoms with Crippen molar-refractivity contribution in [3.63, 3.8) is 0 Å². The molecule has 1 saturated carbocycles. The normalized spacial score (nSPS) is 14.4. The highest BCUT2D eigenvalue weighted by atomic mass is 19.4. The summed E-state index contributed by atoms with van der Waals surface area (Å²) in [7, 11) is 0. The van der Waals surface area contributed by atoms with Crippen LogP contribution in [0.5, 0.6) is 0 Å². The fourth-order valence-corrected chi connectivity index (χ4v) is 3.51. The van der Waals surface area contributed by atoms with Gasteiger partial charge in [-0.25, -0.2) is 9.31 Å². The lowest BCUT2D eigenvalue weighted by Crippen LogP contribution is -2.13. The number of alkyl halides is 3. The number of carbonyl (C=O) groups excluding carboxylic acids is 1. The molecule has 29 heavy (non-hydrogen) atoms. The van der Waals surface area contributed by atoms with Crippen LogP contribution in [0.15, 0.2) is 29.2 Å². The molecule has 1 aromatic carbocycles. The average molecular weight is 405 g/mol. The van der Waals surface area contributed by atoms with Crippen molar-refractivity contribution in [1.82, 2.24) is 14.6 Å². The molecule has 0 amide bonds. The molecular weight excluding hydrogens is 387 g/mol. The van der Waals surface area contributed by atoms with Crippen molar-refractivity contribution < 1.29 is 22.7 Å². The van der Waals surface area contributed by atoms with Gasteiger partial charge in [0.15, 0.2) is 5.69 Å². The molecule has 0 radical (unpaired) electrons. The highest BCUT2D eigenvalue weighted by Gasteiger charge is 2.35. The second-order valence-corrected chi connectivity index (χ2v) is 7.07. The number of aromatic amines is 1. The minimum Gasteiger partial charge on any atom is -0.461 e. The molecule has 1 N–H and O–H groups in total. The highest BCUT2D eigenvalue weighted by Crippen LogP contribution is 2.43. The van der Waals surface area contributed by atoms with Crippen LogP contribution in [0.2, 0.25) is 0 Å². The molecule has 2 heterocycles. The van der Waals surface area contributed by atoms with Crippen LogP contribution < -0.4 is 5.56 Å². The number of rotatable bonds is 4. The fourth-order valence-electron chi connectivity index (χ4n) is 3.51. The predicted octanol–water partition coefficient (Wildman–Crippen LogP) is 4.07. The van der Waals surface area contributed by atoms with E-state index in [4.69, 9.17) is 4.74 Å². The van der Waals surface area contributed by atoms with Crippen LogP contribution in [0, 0.1) is 6.92 Å². The van der Waals surface area contributed by atoms with Gasteiger partial charge in [0.25, 0.3) is 5.56 Å². The third kappa shape index (κ3) is 3.41. The first-order valence-corrected chi connectivity index (χ1v) is 9.21. The number of nitrogens with one attached hydrogen (secondary N) is 1. The molecule has 1 fully saturated rings. The zero-order chi connectivity index (χ0) is 20.9. The third-order valence-electron chi connectivity index (χ3n) is 4.96. The maximum Gasteiger partial charge on any atom is 0.416 e. The molecule has 4 rings (SSSR count). The summed E-state index contributed by atoms with van der Waals surface area (Å²) in [5.41, 5.74) is 0.523. The number of esters is 1. The van der Waals surface area contributed by atoms with Gasteiger partial charge in [-0.3, -0.25) is 4.79 Å². The number of aryl methyl sites for hydroxylation is 1. The molecule has 9 heteroatoms. The summed E-state index contributed by atoms with van der Waals surface area (Å²) in [5.74, 6) is -0.517. The van der Waals surface area contributed by atoms with Crippen LogP contribution in [0.1, 0.15) is 52.9 Å². The van der Waals surface area contributed by atoms with Crippen LogP contribution in [0.4, 0.5) is 13.2 Å². The van der Waals surface area contributed by atoms with E-state index in [1.54, 1.807) is 6.92 Å². The zero-order valence-electron chi connectivity index (χ0n) is 15.8. The van der Waals surface area contributed by atoms with E-state index in [0.717, 1.165) is 18.9 Å². The molecule has 0 aliphatic heterocycles. The molecule has 3 aromatic rings. The largest absolute Gasteiger partial charge is 0.461 e. The lowest BCUT2D eigenvalue weighted by Gasteiger charge is -2.11. The molecule has 0 saturated heterocycles. The lowest BCUT2D eigenvalue weighted by atomic mass is 10.0. The van der Waals surface area contributed by atoms with Crippen molar-refractivity contribution >= 4 is 11.5 Å². The van der Waals surface area contributed by atoms with Crippen LogP contribution in [0.25, 0.3) is 16.8 Å². The Kier molecular flexibility index (Phi) is 4.48. The SMILES string of the molecule is CCOC(=O)c1nn2cc(-c3ccc(C(F)(F)F)c(C)c3)[nH]c(=O)c2c1C1CC1. The maximum atomic E-state index is 13.0. The monoisotopic (exact) mass is 405 g/mol. The second kappa shape index (κ2) is 6.75. The first-order chi connectivity index (χ1) is 13.7. The summed E-state index contributed by atoms with van der Waals surface area (Å²) < 4.78 is 45.4. The van der Waals surface area contributed by atoms with Gasteiger partial charge in [0.1, 0.15) is 5.52 Å². The van der Waals surface area contributed by atoms with E-state index in [1.165, 1.54) is 29.8 Å². The Morgan fingerprint density at radius 2 is 2.07 bits per heavy atom. The quantitative estimate of drug-likeness (QED) is 0.664. The van der Waals surface area contributed by atoms with Crippen molar-refractivity contribution in [2.75, 3.05) is 6.61 Å². The van der Waals surface area contributed by atoms with Gasteiger partial charge in [0.2, 0.25) is 0 Å². The first kappa shape index (κ1) is 19.2. The van der Waals surface area contributed by atoms with E-state index in [9.17, 15) is 22.8 Å². The maximum absolute atomic E-state index is 13.0. The van der Waals surface area contributed by atoms with E-state index >= 15 is 0 Å². The van der Waals surface area contributed by atoms with Gasteiger partial charge in [-0.15, -0.1) is 0 Å². The van der Waals surface area contributed by atoms with Crippen molar-refractivity contribution in [3.05, 3.63) is 57.1 Å². The topological polar surface area (TPSA) is 76.5 Å². The standard InChI is InChI=1S/C20H18F3N3O3/c1-3-29-19(28)16-15(11-4-5-11)17-18(27)24-14(9-26(17)25-16)12-6-7-13(10(2)8-12)20(21,22)23/h6-9,11H,3-5H2,1-2H3,(H,24,27). The van der Waals surface area contributed by atoms with Gasteiger partial charge in [0.05, 0.1) is 24.1 Å². The summed E-state index contributed by atoms with van der Waals surface area (Å²) >= 11 is 0. The third-order valence-corrected chi connectivity index (χ3v) is 4.96. The number of ether oxygens (including phenoxy) is 1. The molecule has 2 aromatic heterocycles. The number of fused-ring (bicyclic) bond motifs is 1. The first-order valence-electron chi connectivity index (χ1n) is 9.21. The zero-order valence-corrected chi connectivity index (χ0v) is 15.8. The van der Waals surface area contributed by atoms with Crippen LogP contribution in [-0.2, 0) is 10.9 Å². The number of benzene rings is 1. The molecule has 0 unspecified atom stereocenters. The molecule has 6 nitrogen and oxygen atoms in total. The molecule has 1 aliphatic carbocycles. The van der Waals surface area contributed by atoms with E-state index in [-0.39, 0.29) is 29.3 Å². The molecule has 1 aliphatic rings. The Balaban J connectivity index is 1.85. The van der Waals surface area contributed by atoms with Gasteiger partial charge >= 0.3 is 12.1 Å². The predicted molar refractivity (Wildman–Crippen MR) is 98.9 cm³/mol. The Bertz CT molecular complexity index is 1170. The highest BCUT2D eigenvalue weighted by molar-refractivity contribution is 5.92. The van der Waals surface area contributed by atoms with Gasteiger partial charge in [-0.05, 0) is 55.9 Å². The fraction of sp³-hybridized carbons (Fsp3) is 0.350. The minimum atomic E-state index is -4.45. The Labute approximate surface area is 163 Å². The van der Waals surface area contributed by atoms with Gasteiger partial charge in [-0.1, -0.05) is 6.07 Å². The van der Waals surface area contributed by atoms with E-state index < -0.39 is 23.3 Å². The number of hydrogen-bond donors (Lipinski definition) is 1. The molecule has 0 spiro atoms. The minimum absolute atomic E-state index is 0.0438. The van der Waals surface area contributed by atoms with Crippen LogP contribution in [-0.4, -0.2) is 27.2 Å². The average Bonchev–Trinajstić information content (AvgIpc) is 3.40. The number of halogens is 3. The van der Waals surface area contributed by atoms with E-state index in [0.29, 0.717) is 16.8 Å². The van der Waals surface area contributed by atoms with Gasteiger partial charge in [0, 0.05) is 5.56 Å². The van der Waals surface area contributed by atoms with Gasteiger partial charge < -0.3 is 9.72 Å². The Morgan fingerprint density at radius 3 is 2.66 bits per heavy atom. The second-order valence-electron chi connectivity index (χ2n) is 7.07. The Morgan fingerprint density at radius 1 is 1.34 bits per heavy atom. The number of nitrogens with zero attached hydrogens (tertiary/aromatic N) is 2. The van der Waals surface area contributed by atoms with E-state index in [1.807, 2.05) is 0 Å². The summed E-state index contributed by atoms with van der Waals surface area (Å²) in [4.78, 5) is 27.8.